The minimum absolute atomic E-state index is 0.0538. The van der Waals surface area contributed by atoms with Crippen molar-refractivity contribution in [3.8, 4) is 5.88 Å². The van der Waals surface area contributed by atoms with Gasteiger partial charge in [-0.1, -0.05) is 12.8 Å². The van der Waals surface area contributed by atoms with E-state index in [1.54, 1.807) is 25.3 Å². The maximum absolute atomic E-state index is 11.3. The molecule has 1 heterocycles. The molecule has 1 saturated carbocycles. The molecule has 0 atom stereocenters. The van der Waals surface area contributed by atoms with Crippen molar-refractivity contribution in [2.75, 3.05) is 0 Å². The standard InChI is InChI=1S/C14H19NO2/c1-11(16)12-8-9-15-14(10-12)17-13-6-4-2-3-5-7-13/h8-10,13H,2-7H2,1H3. The molecule has 3 heteroatoms. The van der Waals surface area contributed by atoms with Crippen LogP contribution in [-0.2, 0) is 0 Å². The minimum atomic E-state index is 0.0538. The lowest BCUT2D eigenvalue weighted by atomic mass is 10.1. The van der Waals surface area contributed by atoms with Crippen molar-refractivity contribution in [2.45, 2.75) is 51.6 Å². The molecule has 3 nitrogen and oxygen atoms in total. The molecule has 17 heavy (non-hydrogen) atoms. The first-order valence-electron chi connectivity index (χ1n) is 6.39. The van der Waals surface area contributed by atoms with Crippen molar-refractivity contribution in [3.05, 3.63) is 23.9 Å². The van der Waals surface area contributed by atoms with E-state index in [1.165, 1.54) is 25.7 Å². The predicted octanol–water partition coefficient (Wildman–Crippen LogP) is 3.39. The molecule has 1 aliphatic rings. The Morgan fingerprint density at radius 1 is 1.29 bits per heavy atom. The second-order valence-electron chi connectivity index (χ2n) is 4.67. The molecule has 1 aromatic heterocycles. The number of aromatic nitrogens is 1. The van der Waals surface area contributed by atoms with Gasteiger partial charge in [0.2, 0.25) is 5.88 Å². The Balaban J connectivity index is 2.01. The van der Waals surface area contributed by atoms with Crippen molar-refractivity contribution >= 4 is 5.78 Å². The number of carbonyl (C=O) groups excluding carboxylic acids is 1. The Morgan fingerprint density at radius 2 is 2.00 bits per heavy atom. The molecule has 0 aliphatic heterocycles. The Morgan fingerprint density at radius 3 is 2.65 bits per heavy atom. The van der Waals surface area contributed by atoms with Crippen molar-refractivity contribution in [2.24, 2.45) is 0 Å². The van der Waals surface area contributed by atoms with Crippen LogP contribution in [0.2, 0.25) is 0 Å². The zero-order valence-electron chi connectivity index (χ0n) is 10.3. The van der Waals surface area contributed by atoms with Crippen LogP contribution in [0, 0.1) is 0 Å². The number of hydrogen-bond acceptors (Lipinski definition) is 3. The quantitative estimate of drug-likeness (QED) is 0.593. The summed E-state index contributed by atoms with van der Waals surface area (Å²) in [5.41, 5.74) is 0.670. The first kappa shape index (κ1) is 12.1. The maximum atomic E-state index is 11.3. The first-order chi connectivity index (χ1) is 8.25. The summed E-state index contributed by atoms with van der Waals surface area (Å²) in [5.74, 6) is 0.641. The molecule has 0 N–H and O–H groups in total. The summed E-state index contributed by atoms with van der Waals surface area (Å²) < 4.78 is 5.86. The molecular weight excluding hydrogens is 214 g/mol. The van der Waals surface area contributed by atoms with E-state index in [1.807, 2.05) is 0 Å². The van der Waals surface area contributed by atoms with Gasteiger partial charge in [0.1, 0.15) is 6.10 Å². The van der Waals surface area contributed by atoms with Gasteiger partial charge in [0.05, 0.1) is 0 Å². The third-order valence-electron chi connectivity index (χ3n) is 3.23. The van der Waals surface area contributed by atoms with Gasteiger partial charge >= 0.3 is 0 Å². The van der Waals surface area contributed by atoms with E-state index in [4.69, 9.17) is 4.74 Å². The molecule has 1 aromatic rings. The zero-order valence-corrected chi connectivity index (χ0v) is 10.3. The number of ketones is 1. The summed E-state index contributed by atoms with van der Waals surface area (Å²) in [6, 6.07) is 3.47. The zero-order chi connectivity index (χ0) is 12.1. The Bertz CT molecular complexity index is 382. The summed E-state index contributed by atoms with van der Waals surface area (Å²) in [6.45, 7) is 1.56. The lowest BCUT2D eigenvalue weighted by Crippen LogP contribution is -2.16. The lowest BCUT2D eigenvalue weighted by Gasteiger charge is -2.16. The highest BCUT2D eigenvalue weighted by atomic mass is 16.5. The predicted molar refractivity (Wildman–Crippen MR) is 66.4 cm³/mol. The van der Waals surface area contributed by atoms with Crippen LogP contribution in [0.3, 0.4) is 0 Å². The summed E-state index contributed by atoms with van der Waals surface area (Å²) in [4.78, 5) is 15.4. The topological polar surface area (TPSA) is 39.2 Å². The number of nitrogens with zero attached hydrogens (tertiary/aromatic N) is 1. The molecular formula is C14H19NO2. The Labute approximate surface area is 102 Å². The average Bonchev–Trinajstić information content (AvgIpc) is 2.58. The second kappa shape index (κ2) is 5.80. The van der Waals surface area contributed by atoms with E-state index in [9.17, 15) is 4.79 Å². The normalized spacial score (nSPS) is 17.5. The van der Waals surface area contributed by atoms with Crippen LogP contribution in [-0.4, -0.2) is 16.9 Å². The van der Waals surface area contributed by atoms with Crippen LogP contribution < -0.4 is 4.74 Å². The first-order valence-corrected chi connectivity index (χ1v) is 6.39. The van der Waals surface area contributed by atoms with Crippen molar-refractivity contribution in [1.29, 1.82) is 0 Å². The number of Topliss-reactive ketones (excluding diaryl/α,β-unsaturated/α-hetero) is 1. The molecule has 0 radical (unpaired) electrons. The van der Waals surface area contributed by atoms with Gasteiger partial charge in [-0.25, -0.2) is 4.98 Å². The van der Waals surface area contributed by atoms with E-state index >= 15 is 0 Å². The van der Waals surface area contributed by atoms with Crippen molar-refractivity contribution < 1.29 is 9.53 Å². The van der Waals surface area contributed by atoms with Gasteiger partial charge < -0.3 is 4.74 Å². The van der Waals surface area contributed by atoms with Gasteiger partial charge in [0, 0.05) is 17.8 Å². The number of ether oxygens (including phenoxy) is 1. The molecule has 0 amide bonds. The van der Waals surface area contributed by atoms with E-state index in [2.05, 4.69) is 4.98 Å². The Kier molecular flexibility index (Phi) is 4.13. The van der Waals surface area contributed by atoms with E-state index in [0.29, 0.717) is 11.4 Å². The van der Waals surface area contributed by atoms with Crippen molar-refractivity contribution in [1.82, 2.24) is 4.98 Å². The van der Waals surface area contributed by atoms with E-state index in [0.717, 1.165) is 12.8 Å². The number of pyridine rings is 1. The summed E-state index contributed by atoms with van der Waals surface area (Å²) in [7, 11) is 0. The van der Waals surface area contributed by atoms with E-state index in [-0.39, 0.29) is 11.9 Å². The minimum Gasteiger partial charge on any atom is -0.474 e. The van der Waals surface area contributed by atoms with E-state index < -0.39 is 0 Å². The molecule has 0 unspecified atom stereocenters. The van der Waals surface area contributed by atoms with Crippen LogP contribution in [0.1, 0.15) is 55.8 Å². The van der Waals surface area contributed by atoms with Gasteiger partial charge in [-0.2, -0.15) is 0 Å². The third kappa shape index (κ3) is 3.55. The molecule has 92 valence electrons. The molecule has 0 bridgehead atoms. The smallest absolute Gasteiger partial charge is 0.214 e. The summed E-state index contributed by atoms with van der Waals surface area (Å²) >= 11 is 0. The van der Waals surface area contributed by atoms with Gasteiger partial charge in [-0.3, -0.25) is 4.79 Å². The van der Waals surface area contributed by atoms with Gasteiger partial charge in [0.25, 0.3) is 0 Å². The van der Waals surface area contributed by atoms with Crippen molar-refractivity contribution in [3.63, 3.8) is 0 Å². The average molecular weight is 233 g/mol. The lowest BCUT2D eigenvalue weighted by molar-refractivity contribution is 0.101. The van der Waals surface area contributed by atoms with Gasteiger partial charge in [-0.15, -0.1) is 0 Å². The monoisotopic (exact) mass is 233 g/mol. The fourth-order valence-electron chi connectivity index (χ4n) is 2.22. The number of rotatable bonds is 3. The largest absolute Gasteiger partial charge is 0.474 e. The molecule has 1 fully saturated rings. The highest BCUT2D eigenvalue weighted by Crippen LogP contribution is 2.22. The van der Waals surface area contributed by atoms with Crippen LogP contribution >= 0.6 is 0 Å². The van der Waals surface area contributed by atoms with Gasteiger partial charge in [-0.05, 0) is 38.7 Å². The van der Waals surface area contributed by atoms with Crippen LogP contribution in [0.25, 0.3) is 0 Å². The molecule has 0 spiro atoms. The second-order valence-corrected chi connectivity index (χ2v) is 4.67. The molecule has 0 aromatic carbocycles. The third-order valence-corrected chi connectivity index (χ3v) is 3.23. The molecule has 1 aliphatic carbocycles. The van der Waals surface area contributed by atoms with Crippen LogP contribution in [0.4, 0.5) is 0 Å². The highest BCUT2D eigenvalue weighted by Gasteiger charge is 2.14. The van der Waals surface area contributed by atoms with Crippen LogP contribution in [0.15, 0.2) is 18.3 Å². The molecule has 0 saturated heterocycles. The fraction of sp³-hybridized carbons (Fsp3) is 0.571. The van der Waals surface area contributed by atoms with Crippen LogP contribution in [0.5, 0.6) is 5.88 Å². The SMILES string of the molecule is CC(=O)c1ccnc(OC2CCCCCC2)c1. The summed E-state index contributed by atoms with van der Waals surface area (Å²) in [5, 5.41) is 0. The highest BCUT2D eigenvalue weighted by molar-refractivity contribution is 5.94. The number of hydrogen-bond donors (Lipinski definition) is 0. The fourth-order valence-corrected chi connectivity index (χ4v) is 2.22. The van der Waals surface area contributed by atoms with Gasteiger partial charge in [0.15, 0.2) is 5.78 Å². The number of carbonyl (C=O) groups is 1. The Hall–Kier alpha value is -1.38. The maximum Gasteiger partial charge on any atom is 0.214 e. The summed E-state index contributed by atoms with van der Waals surface area (Å²) in [6.07, 6.45) is 9.20. The molecule has 2 rings (SSSR count).